The number of sulfonamides is 1. The van der Waals surface area contributed by atoms with Gasteiger partial charge in [0.05, 0.1) is 12.0 Å². The molecule has 1 aromatic rings. The fourth-order valence-corrected chi connectivity index (χ4v) is 5.30. The Labute approximate surface area is 201 Å². The maximum absolute atomic E-state index is 13.1. The molecule has 2 atom stereocenters. The van der Waals surface area contributed by atoms with Crippen molar-refractivity contribution in [1.82, 2.24) is 14.9 Å². The Hall–Kier alpha value is -2.66. The highest BCUT2D eigenvalue weighted by molar-refractivity contribution is 7.89. The van der Waals surface area contributed by atoms with Crippen molar-refractivity contribution in [3.05, 3.63) is 30.3 Å². The molecule has 0 saturated carbocycles. The predicted molar refractivity (Wildman–Crippen MR) is 125 cm³/mol. The summed E-state index contributed by atoms with van der Waals surface area (Å²) in [7, 11) is -2.71. The lowest BCUT2D eigenvalue weighted by atomic mass is 10.1. The van der Waals surface area contributed by atoms with Crippen LogP contribution in [0.5, 0.6) is 0 Å². The van der Waals surface area contributed by atoms with Crippen LogP contribution in [0.15, 0.2) is 35.2 Å². The van der Waals surface area contributed by atoms with Gasteiger partial charge in [0.1, 0.15) is 11.6 Å². The van der Waals surface area contributed by atoms with Crippen molar-refractivity contribution in [3.63, 3.8) is 0 Å². The fraction of sp³-hybridized carbons (Fsp3) is 0.609. The Balaban J connectivity index is 1.81. The molecule has 34 heavy (non-hydrogen) atoms. The highest BCUT2D eigenvalue weighted by Gasteiger charge is 2.45. The monoisotopic (exact) mass is 497 g/mol. The number of ether oxygens (including phenoxy) is 2. The highest BCUT2D eigenvalue weighted by atomic mass is 32.2. The number of carbonyl (C=O) groups is 3. The summed E-state index contributed by atoms with van der Waals surface area (Å²) in [6, 6.07) is 6.36. The topological polar surface area (TPSA) is 131 Å². The van der Waals surface area contributed by atoms with Crippen LogP contribution in [0.2, 0.25) is 0 Å². The molecule has 10 nitrogen and oxygen atoms in total. The molecule has 1 aliphatic heterocycles. The smallest absolute Gasteiger partial charge is 0.407 e. The number of hydrogen-bond acceptors (Lipinski definition) is 7. The van der Waals surface area contributed by atoms with E-state index < -0.39 is 39.8 Å². The zero-order valence-corrected chi connectivity index (χ0v) is 21.0. The standard InChI is InChI=1S/C23H35N3O7S/c1-23(2,3)33-22(29)24-14-10-6-9-13-20(27)25-17-15-19(21(28)32-4)26(16-17)34(30,31)18-11-7-5-8-12-18/h5,7-8,11-12,17,19H,6,9-10,13-16H2,1-4H3,(H,24,29)(H,25,27)/t17-,19?/m1/s1. The van der Waals surface area contributed by atoms with Crippen molar-refractivity contribution in [2.75, 3.05) is 20.2 Å². The maximum Gasteiger partial charge on any atom is 0.407 e. The summed E-state index contributed by atoms with van der Waals surface area (Å²) < 4.78 is 37.2. The van der Waals surface area contributed by atoms with E-state index >= 15 is 0 Å². The number of alkyl carbamates (subject to hydrolysis) is 1. The van der Waals surface area contributed by atoms with Crippen LogP contribution in [-0.4, -0.2) is 68.6 Å². The van der Waals surface area contributed by atoms with Crippen LogP contribution < -0.4 is 10.6 Å². The number of amides is 2. The number of nitrogens with one attached hydrogen (secondary N) is 2. The molecule has 190 valence electrons. The lowest BCUT2D eigenvalue weighted by molar-refractivity contribution is -0.144. The number of rotatable bonds is 10. The largest absolute Gasteiger partial charge is 0.468 e. The summed E-state index contributed by atoms with van der Waals surface area (Å²) in [6.45, 7) is 5.81. The van der Waals surface area contributed by atoms with E-state index in [1.807, 2.05) is 0 Å². The Morgan fingerprint density at radius 2 is 1.76 bits per heavy atom. The van der Waals surface area contributed by atoms with Crippen molar-refractivity contribution in [2.24, 2.45) is 0 Å². The van der Waals surface area contributed by atoms with Crippen molar-refractivity contribution in [2.45, 2.75) is 75.5 Å². The van der Waals surface area contributed by atoms with Crippen LogP contribution in [0.3, 0.4) is 0 Å². The van der Waals surface area contributed by atoms with Crippen molar-refractivity contribution in [1.29, 1.82) is 0 Å². The predicted octanol–water partition coefficient (Wildman–Crippen LogP) is 2.19. The number of carbonyl (C=O) groups excluding carboxylic acids is 3. The number of benzene rings is 1. The zero-order chi connectivity index (χ0) is 25.4. The van der Waals surface area contributed by atoms with E-state index in [4.69, 9.17) is 9.47 Å². The Kier molecular flexibility index (Phi) is 9.87. The third-order valence-electron chi connectivity index (χ3n) is 5.19. The summed E-state index contributed by atoms with van der Waals surface area (Å²) >= 11 is 0. The zero-order valence-electron chi connectivity index (χ0n) is 20.2. The molecule has 1 unspecified atom stereocenters. The molecule has 0 aliphatic carbocycles. The Bertz CT molecular complexity index is 945. The molecule has 0 spiro atoms. The van der Waals surface area contributed by atoms with Crippen LogP contribution in [0, 0.1) is 0 Å². The molecule has 2 amide bonds. The van der Waals surface area contributed by atoms with Gasteiger partial charge in [-0.3, -0.25) is 9.59 Å². The van der Waals surface area contributed by atoms with Gasteiger partial charge in [0.15, 0.2) is 0 Å². The second-order valence-electron chi connectivity index (χ2n) is 9.17. The van der Waals surface area contributed by atoms with E-state index in [-0.39, 0.29) is 30.2 Å². The minimum atomic E-state index is -3.92. The summed E-state index contributed by atoms with van der Waals surface area (Å²) in [4.78, 5) is 36.3. The first-order valence-electron chi connectivity index (χ1n) is 11.3. The van der Waals surface area contributed by atoms with Crippen LogP contribution in [0.4, 0.5) is 4.79 Å². The third-order valence-corrected chi connectivity index (χ3v) is 7.08. The molecule has 1 fully saturated rings. The first kappa shape index (κ1) is 27.6. The second kappa shape index (κ2) is 12.2. The average molecular weight is 498 g/mol. The van der Waals surface area contributed by atoms with Crippen molar-refractivity contribution in [3.8, 4) is 0 Å². The van der Waals surface area contributed by atoms with Gasteiger partial charge < -0.3 is 20.1 Å². The van der Waals surface area contributed by atoms with Crippen LogP contribution >= 0.6 is 0 Å². The Morgan fingerprint density at radius 3 is 2.38 bits per heavy atom. The summed E-state index contributed by atoms with van der Waals surface area (Å²) in [5.74, 6) is -0.874. The average Bonchev–Trinajstić information content (AvgIpc) is 3.19. The van der Waals surface area contributed by atoms with Crippen molar-refractivity contribution >= 4 is 28.0 Å². The molecular weight excluding hydrogens is 462 g/mol. The Morgan fingerprint density at radius 1 is 1.09 bits per heavy atom. The summed E-state index contributed by atoms with van der Waals surface area (Å²) in [6.07, 6.45) is 1.97. The molecule has 1 aromatic carbocycles. The van der Waals surface area contributed by atoms with Crippen LogP contribution in [0.1, 0.15) is 52.9 Å². The molecule has 1 saturated heterocycles. The first-order valence-corrected chi connectivity index (χ1v) is 12.8. The molecule has 0 aromatic heterocycles. The van der Waals surface area contributed by atoms with E-state index in [0.717, 1.165) is 10.7 Å². The fourth-order valence-electron chi connectivity index (χ4n) is 3.65. The molecule has 2 rings (SSSR count). The minimum absolute atomic E-state index is 0.0114. The second-order valence-corrected chi connectivity index (χ2v) is 11.1. The van der Waals surface area contributed by atoms with Gasteiger partial charge in [0.2, 0.25) is 15.9 Å². The number of unbranched alkanes of at least 4 members (excludes halogenated alkanes) is 2. The van der Waals surface area contributed by atoms with E-state index in [1.54, 1.807) is 39.0 Å². The lowest BCUT2D eigenvalue weighted by Crippen LogP contribution is -2.41. The van der Waals surface area contributed by atoms with E-state index in [9.17, 15) is 22.8 Å². The van der Waals surface area contributed by atoms with Crippen LogP contribution in [0.25, 0.3) is 0 Å². The van der Waals surface area contributed by atoms with Gasteiger partial charge in [-0.25, -0.2) is 13.2 Å². The SMILES string of the molecule is COC(=O)C1C[C@@H](NC(=O)CCCCCNC(=O)OC(C)(C)C)CN1S(=O)(=O)c1ccccc1. The van der Waals surface area contributed by atoms with Gasteiger partial charge >= 0.3 is 12.1 Å². The number of hydrogen-bond donors (Lipinski definition) is 2. The van der Waals surface area contributed by atoms with Gasteiger partial charge in [-0.2, -0.15) is 4.31 Å². The molecule has 0 bridgehead atoms. The normalized spacial score (nSPS) is 18.8. The highest BCUT2D eigenvalue weighted by Crippen LogP contribution is 2.27. The van der Waals surface area contributed by atoms with E-state index in [0.29, 0.717) is 19.4 Å². The first-order chi connectivity index (χ1) is 15.9. The molecule has 1 aliphatic rings. The molecule has 11 heteroatoms. The third kappa shape index (κ3) is 8.28. The van der Waals surface area contributed by atoms with Gasteiger partial charge in [-0.05, 0) is 52.2 Å². The molecule has 2 N–H and O–H groups in total. The molecule has 0 radical (unpaired) electrons. The number of methoxy groups -OCH3 is 1. The lowest BCUT2D eigenvalue weighted by Gasteiger charge is -2.21. The number of nitrogens with zero attached hydrogens (tertiary/aromatic N) is 1. The molecular formula is C23H35N3O7S. The van der Waals surface area contributed by atoms with Crippen LogP contribution in [-0.2, 0) is 29.1 Å². The number of esters is 1. The van der Waals surface area contributed by atoms with E-state index in [2.05, 4.69) is 10.6 Å². The minimum Gasteiger partial charge on any atom is -0.468 e. The maximum atomic E-state index is 13.1. The van der Waals surface area contributed by atoms with Gasteiger partial charge in [0, 0.05) is 25.6 Å². The van der Waals surface area contributed by atoms with Gasteiger partial charge in [-0.1, -0.05) is 24.6 Å². The quantitative estimate of drug-likeness (QED) is 0.374. The molecule has 1 heterocycles. The summed E-state index contributed by atoms with van der Waals surface area (Å²) in [5.41, 5.74) is -0.550. The van der Waals surface area contributed by atoms with Crippen molar-refractivity contribution < 1.29 is 32.3 Å². The van der Waals surface area contributed by atoms with Gasteiger partial charge in [0.25, 0.3) is 0 Å². The van der Waals surface area contributed by atoms with E-state index in [1.165, 1.54) is 19.2 Å². The van der Waals surface area contributed by atoms with Gasteiger partial charge in [-0.15, -0.1) is 0 Å². The summed E-state index contributed by atoms with van der Waals surface area (Å²) in [5, 5.41) is 5.51.